The third-order valence-corrected chi connectivity index (χ3v) is 2.45. The molecule has 0 atom stereocenters. The molecule has 5 nitrogen and oxygen atoms in total. The predicted octanol–water partition coefficient (Wildman–Crippen LogP) is 2.59. The van der Waals surface area contributed by atoms with Crippen LogP contribution < -0.4 is 0 Å². The van der Waals surface area contributed by atoms with E-state index in [1.54, 1.807) is 0 Å². The van der Waals surface area contributed by atoms with Crippen LogP contribution in [0.25, 0.3) is 0 Å². The van der Waals surface area contributed by atoms with E-state index >= 15 is 0 Å². The average molecular weight is 279 g/mol. The minimum absolute atomic E-state index is 0.0220. The van der Waals surface area contributed by atoms with Gasteiger partial charge in [-0.1, -0.05) is 11.6 Å². The molecule has 0 fully saturated rings. The number of carbonyl (C=O) groups is 1. The summed E-state index contributed by atoms with van der Waals surface area (Å²) >= 11 is 5.62. The highest BCUT2D eigenvalue weighted by Crippen LogP contribution is 2.25. The fourth-order valence-corrected chi connectivity index (χ4v) is 1.55. The third kappa shape index (κ3) is 3.36. The summed E-state index contributed by atoms with van der Waals surface area (Å²) in [6.07, 6.45) is -2.65. The Bertz CT molecular complexity index is 482. The van der Waals surface area contributed by atoms with Crippen LogP contribution in [0.4, 0.5) is 14.5 Å². The lowest BCUT2D eigenvalue weighted by molar-refractivity contribution is -0.384. The summed E-state index contributed by atoms with van der Waals surface area (Å²) in [5.74, 6) is -0.674. The van der Waals surface area contributed by atoms with Gasteiger partial charge in [-0.2, -0.15) is 0 Å². The number of nitro benzene ring substituents is 1. The van der Waals surface area contributed by atoms with Crippen molar-refractivity contribution in [3.63, 3.8) is 0 Å². The molecule has 0 N–H and O–H groups in total. The molecular formula is C10H9ClF2N2O3. The van der Waals surface area contributed by atoms with Gasteiger partial charge in [0.05, 0.1) is 11.5 Å². The standard InChI is InChI=1S/C10H9ClF2N2O3/c1-14(5-9(12)13)10(16)6-2-3-8(15(17)18)7(11)4-6/h2-4,9H,5H2,1H3. The number of halogens is 3. The predicted molar refractivity (Wildman–Crippen MR) is 61.1 cm³/mol. The van der Waals surface area contributed by atoms with Gasteiger partial charge in [0, 0.05) is 18.7 Å². The smallest absolute Gasteiger partial charge is 0.287 e. The first-order chi connectivity index (χ1) is 8.32. The second-order valence-electron chi connectivity index (χ2n) is 3.50. The summed E-state index contributed by atoms with van der Waals surface area (Å²) < 4.78 is 24.2. The van der Waals surface area contributed by atoms with Crippen molar-refractivity contribution < 1.29 is 18.5 Å². The molecule has 1 aromatic carbocycles. The molecule has 0 aromatic heterocycles. The molecule has 98 valence electrons. The van der Waals surface area contributed by atoms with Crippen LogP contribution in [0, 0.1) is 10.1 Å². The van der Waals surface area contributed by atoms with Crippen molar-refractivity contribution in [3.05, 3.63) is 38.9 Å². The van der Waals surface area contributed by atoms with Gasteiger partial charge < -0.3 is 4.90 Å². The average Bonchev–Trinajstić information content (AvgIpc) is 2.26. The van der Waals surface area contributed by atoms with E-state index in [1.165, 1.54) is 13.1 Å². The highest BCUT2D eigenvalue weighted by molar-refractivity contribution is 6.33. The summed E-state index contributed by atoms with van der Waals surface area (Å²) in [4.78, 5) is 22.3. The summed E-state index contributed by atoms with van der Waals surface area (Å²) in [7, 11) is 1.21. The maximum Gasteiger partial charge on any atom is 0.287 e. The number of alkyl halides is 2. The number of hydrogen-bond acceptors (Lipinski definition) is 3. The maximum absolute atomic E-state index is 12.1. The molecule has 1 rings (SSSR count). The minimum Gasteiger partial charge on any atom is -0.336 e. The summed E-state index contributed by atoms with van der Waals surface area (Å²) in [5, 5.41) is 10.3. The van der Waals surface area contributed by atoms with Crippen LogP contribution in [0.5, 0.6) is 0 Å². The fraction of sp³-hybridized carbons (Fsp3) is 0.300. The molecule has 1 amide bonds. The third-order valence-electron chi connectivity index (χ3n) is 2.15. The molecule has 0 spiro atoms. The van der Waals surface area contributed by atoms with Gasteiger partial charge in [0.1, 0.15) is 5.02 Å². The second-order valence-corrected chi connectivity index (χ2v) is 3.91. The van der Waals surface area contributed by atoms with E-state index < -0.39 is 23.8 Å². The Hall–Kier alpha value is -1.76. The van der Waals surface area contributed by atoms with E-state index in [1.807, 2.05) is 0 Å². The molecule has 0 saturated heterocycles. The Labute approximate surface area is 106 Å². The zero-order chi connectivity index (χ0) is 13.9. The van der Waals surface area contributed by atoms with Gasteiger partial charge in [-0.15, -0.1) is 0 Å². The molecule has 0 aliphatic heterocycles. The highest BCUT2D eigenvalue weighted by Gasteiger charge is 2.19. The lowest BCUT2D eigenvalue weighted by Crippen LogP contribution is -2.31. The molecular weight excluding hydrogens is 270 g/mol. The SMILES string of the molecule is CN(CC(F)F)C(=O)c1ccc([N+](=O)[O-])c(Cl)c1. The number of nitrogens with zero attached hydrogens (tertiary/aromatic N) is 2. The molecule has 0 unspecified atom stereocenters. The van der Waals surface area contributed by atoms with Gasteiger partial charge >= 0.3 is 0 Å². The van der Waals surface area contributed by atoms with Gasteiger partial charge in [-0.3, -0.25) is 14.9 Å². The number of rotatable bonds is 4. The Balaban J connectivity index is 2.94. The van der Waals surface area contributed by atoms with Crippen LogP contribution in [0.15, 0.2) is 18.2 Å². The minimum atomic E-state index is -2.65. The van der Waals surface area contributed by atoms with E-state index in [-0.39, 0.29) is 16.3 Å². The Morgan fingerprint density at radius 3 is 2.61 bits per heavy atom. The van der Waals surface area contributed by atoms with Crippen molar-refractivity contribution >= 4 is 23.2 Å². The van der Waals surface area contributed by atoms with E-state index in [0.717, 1.165) is 17.0 Å². The van der Waals surface area contributed by atoms with E-state index in [9.17, 15) is 23.7 Å². The monoisotopic (exact) mass is 278 g/mol. The molecule has 8 heteroatoms. The van der Waals surface area contributed by atoms with Gasteiger partial charge in [0.25, 0.3) is 18.0 Å². The summed E-state index contributed by atoms with van der Waals surface area (Å²) in [5.41, 5.74) is -0.321. The largest absolute Gasteiger partial charge is 0.336 e. The number of amides is 1. The fourth-order valence-electron chi connectivity index (χ4n) is 1.30. The Morgan fingerprint density at radius 2 is 2.17 bits per heavy atom. The number of carbonyl (C=O) groups excluding carboxylic acids is 1. The summed E-state index contributed by atoms with van der Waals surface area (Å²) in [6.45, 7) is -0.715. The van der Waals surface area contributed by atoms with Crippen LogP contribution in [0.3, 0.4) is 0 Å². The zero-order valence-electron chi connectivity index (χ0n) is 9.27. The van der Waals surface area contributed by atoms with Crippen molar-refractivity contribution in [1.29, 1.82) is 0 Å². The lowest BCUT2D eigenvalue weighted by atomic mass is 10.2. The van der Waals surface area contributed by atoms with E-state index in [4.69, 9.17) is 11.6 Å². The van der Waals surface area contributed by atoms with Gasteiger partial charge in [0.2, 0.25) is 0 Å². The van der Waals surface area contributed by atoms with Gasteiger partial charge in [-0.05, 0) is 12.1 Å². The van der Waals surface area contributed by atoms with Crippen molar-refractivity contribution in [1.82, 2.24) is 4.90 Å². The maximum atomic E-state index is 12.1. The molecule has 1 aromatic rings. The molecule has 0 aliphatic rings. The normalized spacial score (nSPS) is 10.5. The van der Waals surface area contributed by atoms with Crippen LogP contribution in [-0.4, -0.2) is 35.7 Å². The second kappa shape index (κ2) is 5.72. The molecule has 0 heterocycles. The summed E-state index contributed by atoms with van der Waals surface area (Å²) in [6, 6.07) is 3.32. The highest BCUT2D eigenvalue weighted by atomic mass is 35.5. The Kier molecular flexibility index (Phi) is 4.55. The molecule has 18 heavy (non-hydrogen) atoms. The van der Waals surface area contributed by atoms with Gasteiger partial charge in [0.15, 0.2) is 0 Å². The van der Waals surface area contributed by atoms with Crippen LogP contribution >= 0.6 is 11.6 Å². The van der Waals surface area contributed by atoms with Crippen molar-refractivity contribution in [2.24, 2.45) is 0 Å². The topological polar surface area (TPSA) is 63.5 Å². The Morgan fingerprint density at radius 1 is 1.56 bits per heavy atom. The zero-order valence-corrected chi connectivity index (χ0v) is 10.0. The first kappa shape index (κ1) is 14.3. The quantitative estimate of drug-likeness (QED) is 0.628. The van der Waals surface area contributed by atoms with Crippen molar-refractivity contribution in [2.75, 3.05) is 13.6 Å². The van der Waals surface area contributed by atoms with Crippen LogP contribution in [-0.2, 0) is 0 Å². The number of hydrogen-bond donors (Lipinski definition) is 0. The van der Waals surface area contributed by atoms with E-state index in [2.05, 4.69) is 0 Å². The lowest BCUT2D eigenvalue weighted by Gasteiger charge is -2.16. The van der Waals surface area contributed by atoms with Gasteiger partial charge in [-0.25, -0.2) is 8.78 Å². The number of benzene rings is 1. The van der Waals surface area contributed by atoms with Crippen LogP contribution in [0.1, 0.15) is 10.4 Å². The molecule has 0 saturated carbocycles. The van der Waals surface area contributed by atoms with Crippen LogP contribution in [0.2, 0.25) is 5.02 Å². The van der Waals surface area contributed by atoms with Crippen molar-refractivity contribution in [3.8, 4) is 0 Å². The first-order valence-corrected chi connectivity index (χ1v) is 5.18. The van der Waals surface area contributed by atoms with Crippen molar-refractivity contribution in [2.45, 2.75) is 6.43 Å². The van der Waals surface area contributed by atoms with E-state index in [0.29, 0.717) is 0 Å². The molecule has 0 radical (unpaired) electrons. The molecule has 0 aliphatic carbocycles. The number of nitro groups is 1. The first-order valence-electron chi connectivity index (χ1n) is 4.80. The molecule has 0 bridgehead atoms.